The van der Waals surface area contributed by atoms with Crippen molar-refractivity contribution in [2.24, 2.45) is 0 Å². The van der Waals surface area contributed by atoms with Crippen LogP contribution in [-0.4, -0.2) is 26.4 Å². The molecule has 0 spiro atoms. The number of aromatic nitrogens is 3. The number of thiophene rings is 1. The minimum atomic E-state index is 0.750. The highest BCUT2D eigenvalue weighted by molar-refractivity contribution is 7.13. The summed E-state index contributed by atoms with van der Waals surface area (Å²) in [5.41, 5.74) is 12.2. The lowest BCUT2D eigenvalue weighted by Crippen LogP contribution is -2.31. The van der Waals surface area contributed by atoms with E-state index in [0.717, 1.165) is 54.5 Å². The molecule has 0 unspecified atom stereocenters. The SMILES string of the molecule is Nc1ccc(-c2ncc3c(n2)CCN(Cc2ccc(-c4cccs4)nc2)C3)cc1. The molecule has 0 saturated heterocycles. The molecule has 1 aliphatic rings. The molecule has 5 nitrogen and oxygen atoms in total. The first-order chi connectivity index (χ1) is 14.2. The average molecular weight is 400 g/mol. The van der Waals surface area contributed by atoms with Crippen molar-refractivity contribution in [3.63, 3.8) is 0 Å². The minimum Gasteiger partial charge on any atom is -0.399 e. The standard InChI is InChI=1S/C23H21N5S/c24-19-6-4-17(5-7-19)23-26-13-18-15-28(10-9-20(18)27-23)14-16-3-8-21(25-12-16)22-2-1-11-29-22/h1-8,11-13H,9-10,14-15,24H2. The first kappa shape index (κ1) is 18.0. The Morgan fingerprint density at radius 2 is 1.90 bits per heavy atom. The van der Waals surface area contributed by atoms with Gasteiger partial charge >= 0.3 is 0 Å². The van der Waals surface area contributed by atoms with Crippen molar-refractivity contribution in [1.29, 1.82) is 0 Å². The Morgan fingerprint density at radius 3 is 2.66 bits per heavy atom. The van der Waals surface area contributed by atoms with Gasteiger partial charge in [-0.15, -0.1) is 11.3 Å². The Bertz CT molecular complexity index is 1110. The molecule has 0 atom stereocenters. The topological polar surface area (TPSA) is 67.9 Å². The van der Waals surface area contributed by atoms with Crippen LogP contribution < -0.4 is 5.73 Å². The number of nitrogens with two attached hydrogens (primary N) is 1. The van der Waals surface area contributed by atoms with Crippen LogP contribution in [0.2, 0.25) is 0 Å². The summed E-state index contributed by atoms with van der Waals surface area (Å²) in [4.78, 5) is 17.7. The molecule has 0 aliphatic carbocycles. The zero-order valence-electron chi connectivity index (χ0n) is 16.0. The Labute approximate surface area is 173 Å². The zero-order chi connectivity index (χ0) is 19.6. The smallest absolute Gasteiger partial charge is 0.159 e. The third kappa shape index (κ3) is 3.90. The van der Waals surface area contributed by atoms with Crippen LogP contribution in [0.15, 0.2) is 66.3 Å². The predicted octanol–water partition coefficient (Wildman–Crippen LogP) is 4.41. The molecule has 5 rings (SSSR count). The van der Waals surface area contributed by atoms with Crippen molar-refractivity contribution in [2.75, 3.05) is 12.3 Å². The van der Waals surface area contributed by atoms with E-state index in [1.807, 2.05) is 36.7 Å². The second-order valence-electron chi connectivity index (χ2n) is 7.28. The molecule has 0 radical (unpaired) electrons. The first-order valence-corrected chi connectivity index (χ1v) is 10.5. The molecule has 0 bridgehead atoms. The molecule has 4 heterocycles. The van der Waals surface area contributed by atoms with Gasteiger partial charge in [0.2, 0.25) is 0 Å². The molecular formula is C23H21N5S. The number of nitrogens with zero attached hydrogens (tertiary/aromatic N) is 4. The highest BCUT2D eigenvalue weighted by Gasteiger charge is 2.19. The zero-order valence-corrected chi connectivity index (χ0v) is 16.8. The van der Waals surface area contributed by atoms with Crippen LogP contribution in [0, 0.1) is 0 Å². The van der Waals surface area contributed by atoms with Gasteiger partial charge in [-0.25, -0.2) is 9.97 Å². The highest BCUT2D eigenvalue weighted by Crippen LogP contribution is 2.25. The molecule has 2 N–H and O–H groups in total. The molecule has 1 aromatic carbocycles. The van der Waals surface area contributed by atoms with E-state index >= 15 is 0 Å². The number of rotatable bonds is 4. The second kappa shape index (κ2) is 7.73. The largest absolute Gasteiger partial charge is 0.399 e. The molecule has 3 aromatic heterocycles. The summed E-state index contributed by atoms with van der Waals surface area (Å²) < 4.78 is 0. The Hall–Kier alpha value is -3.09. The van der Waals surface area contributed by atoms with Gasteiger partial charge in [0.1, 0.15) is 0 Å². The third-order valence-corrected chi connectivity index (χ3v) is 6.08. The summed E-state index contributed by atoms with van der Waals surface area (Å²) in [6.07, 6.45) is 4.89. The van der Waals surface area contributed by atoms with Gasteiger partial charge < -0.3 is 5.73 Å². The minimum absolute atomic E-state index is 0.750. The van der Waals surface area contributed by atoms with Gasteiger partial charge in [-0.3, -0.25) is 9.88 Å². The van der Waals surface area contributed by atoms with Crippen molar-refractivity contribution >= 4 is 17.0 Å². The lowest BCUT2D eigenvalue weighted by Gasteiger charge is -2.28. The van der Waals surface area contributed by atoms with E-state index in [1.54, 1.807) is 11.3 Å². The second-order valence-corrected chi connectivity index (χ2v) is 8.22. The average Bonchev–Trinajstić information content (AvgIpc) is 3.29. The summed E-state index contributed by atoms with van der Waals surface area (Å²) in [6.45, 7) is 2.73. The van der Waals surface area contributed by atoms with Gasteiger partial charge in [0.05, 0.1) is 16.3 Å². The van der Waals surface area contributed by atoms with Crippen molar-refractivity contribution in [3.8, 4) is 22.0 Å². The summed E-state index contributed by atoms with van der Waals surface area (Å²) >= 11 is 1.72. The molecule has 144 valence electrons. The number of nitrogen functional groups attached to an aromatic ring is 1. The van der Waals surface area contributed by atoms with Crippen LogP contribution in [0.25, 0.3) is 22.0 Å². The number of hydrogen-bond acceptors (Lipinski definition) is 6. The fourth-order valence-electron chi connectivity index (χ4n) is 3.63. The predicted molar refractivity (Wildman–Crippen MR) is 117 cm³/mol. The Kier molecular flexibility index (Phi) is 4.79. The van der Waals surface area contributed by atoms with Gasteiger partial charge in [0.25, 0.3) is 0 Å². The van der Waals surface area contributed by atoms with Gasteiger partial charge in [0, 0.05) is 55.3 Å². The van der Waals surface area contributed by atoms with Crippen LogP contribution in [0.1, 0.15) is 16.8 Å². The molecule has 29 heavy (non-hydrogen) atoms. The van der Waals surface area contributed by atoms with E-state index in [-0.39, 0.29) is 0 Å². The van der Waals surface area contributed by atoms with Gasteiger partial charge in [0.15, 0.2) is 5.82 Å². The summed E-state index contributed by atoms with van der Waals surface area (Å²) in [5.74, 6) is 0.769. The van der Waals surface area contributed by atoms with E-state index in [0.29, 0.717) is 0 Å². The summed E-state index contributed by atoms with van der Waals surface area (Å²) in [7, 11) is 0. The number of pyridine rings is 1. The maximum absolute atomic E-state index is 5.78. The van der Waals surface area contributed by atoms with Gasteiger partial charge in [-0.1, -0.05) is 12.1 Å². The van der Waals surface area contributed by atoms with Crippen LogP contribution in [0.4, 0.5) is 5.69 Å². The number of benzene rings is 1. The molecular weight excluding hydrogens is 378 g/mol. The Morgan fingerprint density at radius 1 is 1.00 bits per heavy atom. The van der Waals surface area contributed by atoms with E-state index in [2.05, 4.69) is 44.5 Å². The monoisotopic (exact) mass is 399 g/mol. The molecule has 4 aromatic rings. The number of hydrogen-bond donors (Lipinski definition) is 1. The Balaban J connectivity index is 1.28. The van der Waals surface area contributed by atoms with Crippen LogP contribution in [-0.2, 0) is 19.5 Å². The van der Waals surface area contributed by atoms with Crippen LogP contribution in [0.3, 0.4) is 0 Å². The lowest BCUT2D eigenvalue weighted by molar-refractivity contribution is 0.242. The highest BCUT2D eigenvalue weighted by atomic mass is 32.1. The first-order valence-electron chi connectivity index (χ1n) is 9.66. The van der Waals surface area contributed by atoms with E-state index in [4.69, 9.17) is 10.7 Å². The van der Waals surface area contributed by atoms with E-state index < -0.39 is 0 Å². The fraction of sp³-hybridized carbons (Fsp3) is 0.174. The van der Waals surface area contributed by atoms with Crippen molar-refractivity contribution in [2.45, 2.75) is 19.5 Å². The number of fused-ring (bicyclic) bond motifs is 1. The number of anilines is 1. The normalized spacial score (nSPS) is 13.9. The van der Waals surface area contributed by atoms with Crippen molar-refractivity contribution in [1.82, 2.24) is 19.9 Å². The molecule has 0 fully saturated rings. The molecule has 0 amide bonds. The fourth-order valence-corrected chi connectivity index (χ4v) is 4.33. The molecule has 1 aliphatic heterocycles. The summed E-state index contributed by atoms with van der Waals surface area (Å²) in [5, 5.41) is 2.08. The van der Waals surface area contributed by atoms with Crippen molar-refractivity contribution < 1.29 is 0 Å². The maximum Gasteiger partial charge on any atom is 0.159 e. The van der Waals surface area contributed by atoms with Gasteiger partial charge in [-0.2, -0.15) is 0 Å². The summed E-state index contributed by atoms with van der Waals surface area (Å²) in [6, 6.07) is 16.2. The third-order valence-electron chi connectivity index (χ3n) is 5.19. The van der Waals surface area contributed by atoms with Crippen LogP contribution in [0.5, 0.6) is 0 Å². The molecule has 0 saturated carbocycles. The van der Waals surface area contributed by atoms with Crippen LogP contribution >= 0.6 is 11.3 Å². The van der Waals surface area contributed by atoms with Gasteiger partial charge in [-0.05, 0) is 47.3 Å². The van der Waals surface area contributed by atoms with E-state index in [9.17, 15) is 0 Å². The van der Waals surface area contributed by atoms with E-state index in [1.165, 1.54) is 16.0 Å². The maximum atomic E-state index is 5.78. The molecule has 6 heteroatoms. The quantitative estimate of drug-likeness (QED) is 0.515. The van der Waals surface area contributed by atoms with Crippen molar-refractivity contribution in [3.05, 3.63) is 83.1 Å². The lowest BCUT2D eigenvalue weighted by atomic mass is 10.1.